The number of H-pyrrole nitrogens is 1. The normalized spacial score (nSPS) is 13.0. The first kappa shape index (κ1) is 20.2. The third kappa shape index (κ3) is 4.86. The Labute approximate surface area is 170 Å². The summed E-state index contributed by atoms with van der Waals surface area (Å²) in [5.74, 6) is 2.65. The van der Waals surface area contributed by atoms with Crippen molar-refractivity contribution in [3.8, 4) is 0 Å². The Morgan fingerprint density at radius 2 is 2.07 bits per heavy atom. The molecule has 5 nitrogen and oxygen atoms in total. The summed E-state index contributed by atoms with van der Waals surface area (Å²) < 4.78 is 1.93. The number of aromatic nitrogens is 4. The highest BCUT2D eigenvalue weighted by Gasteiger charge is 2.22. The molecule has 0 unspecified atom stereocenters. The molecule has 3 aromatic rings. The standard InChI is InChI=1S/C20H28ClN5S/c1-13(2)12-26-19(21)15(14(3)25-26)11-22-18(9-10-27-4)20-23-16-7-5-6-8-17(16)24-20/h5-8,13,18,22H,9-12H2,1-4H3,(H,23,24)/p+1/t18-/m1/s1. The third-order valence-electron chi connectivity index (χ3n) is 4.72. The lowest BCUT2D eigenvalue weighted by molar-refractivity contribution is -0.712. The molecule has 0 saturated carbocycles. The predicted octanol–water partition coefficient (Wildman–Crippen LogP) is 3.94. The van der Waals surface area contributed by atoms with E-state index in [9.17, 15) is 0 Å². The van der Waals surface area contributed by atoms with Crippen molar-refractivity contribution in [3.63, 3.8) is 0 Å². The van der Waals surface area contributed by atoms with E-state index in [4.69, 9.17) is 16.6 Å². The first-order valence-corrected chi connectivity index (χ1v) is 11.3. The van der Waals surface area contributed by atoms with Gasteiger partial charge in [-0.1, -0.05) is 37.6 Å². The molecular formula is C20H29ClN5S+. The van der Waals surface area contributed by atoms with Crippen molar-refractivity contribution in [2.45, 2.75) is 46.3 Å². The average molecular weight is 407 g/mol. The molecule has 0 radical (unpaired) electrons. The number of hydrogen-bond acceptors (Lipinski definition) is 3. The fourth-order valence-electron chi connectivity index (χ4n) is 3.31. The number of thioether (sulfide) groups is 1. The van der Waals surface area contributed by atoms with E-state index in [0.717, 1.165) is 58.5 Å². The van der Waals surface area contributed by atoms with Gasteiger partial charge >= 0.3 is 0 Å². The number of fused-ring (bicyclic) bond motifs is 1. The van der Waals surface area contributed by atoms with E-state index in [1.54, 1.807) is 0 Å². The van der Waals surface area contributed by atoms with Crippen LogP contribution in [0.15, 0.2) is 24.3 Å². The maximum atomic E-state index is 6.62. The molecule has 0 fully saturated rings. The van der Waals surface area contributed by atoms with Gasteiger partial charge in [0.1, 0.15) is 17.7 Å². The molecule has 146 valence electrons. The molecule has 0 aliphatic rings. The SMILES string of the molecule is CSCC[C@@H]([NH2+]Cc1c(C)nn(CC(C)C)c1Cl)c1nc2ccccc2[nH]1. The average Bonchev–Trinajstić information content (AvgIpc) is 3.17. The Morgan fingerprint density at radius 1 is 1.30 bits per heavy atom. The maximum absolute atomic E-state index is 6.62. The molecule has 1 aromatic carbocycles. The molecule has 7 heteroatoms. The van der Waals surface area contributed by atoms with Gasteiger partial charge in [0.25, 0.3) is 0 Å². The smallest absolute Gasteiger partial charge is 0.165 e. The zero-order valence-corrected chi connectivity index (χ0v) is 18.1. The highest BCUT2D eigenvalue weighted by Crippen LogP contribution is 2.21. The van der Waals surface area contributed by atoms with Crippen LogP contribution >= 0.6 is 23.4 Å². The van der Waals surface area contributed by atoms with Crippen molar-refractivity contribution in [1.82, 2.24) is 19.7 Å². The van der Waals surface area contributed by atoms with E-state index >= 15 is 0 Å². The zero-order valence-electron chi connectivity index (χ0n) is 16.5. The van der Waals surface area contributed by atoms with Crippen LogP contribution in [0.25, 0.3) is 11.0 Å². The first-order valence-electron chi connectivity index (χ1n) is 9.48. The van der Waals surface area contributed by atoms with Crippen LogP contribution in [0.1, 0.15) is 43.4 Å². The summed E-state index contributed by atoms with van der Waals surface area (Å²) in [5.41, 5.74) is 4.26. The van der Waals surface area contributed by atoms with Crippen LogP contribution < -0.4 is 5.32 Å². The van der Waals surface area contributed by atoms with E-state index in [1.807, 2.05) is 35.5 Å². The highest BCUT2D eigenvalue weighted by molar-refractivity contribution is 7.98. The number of para-hydroxylation sites is 2. The van der Waals surface area contributed by atoms with Crippen molar-refractivity contribution in [2.75, 3.05) is 12.0 Å². The number of benzene rings is 1. The molecule has 0 spiro atoms. The van der Waals surface area contributed by atoms with E-state index in [-0.39, 0.29) is 6.04 Å². The lowest BCUT2D eigenvalue weighted by Gasteiger charge is -2.13. The topological polar surface area (TPSA) is 63.1 Å². The summed E-state index contributed by atoms with van der Waals surface area (Å²) in [6, 6.07) is 8.47. The Balaban J connectivity index is 1.78. The maximum Gasteiger partial charge on any atom is 0.165 e. The van der Waals surface area contributed by atoms with Gasteiger partial charge in [-0.05, 0) is 37.0 Å². The molecule has 3 N–H and O–H groups in total. The lowest BCUT2D eigenvalue weighted by atomic mass is 10.2. The van der Waals surface area contributed by atoms with Gasteiger partial charge in [0.2, 0.25) is 0 Å². The van der Waals surface area contributed by atoms with E-state index < -0.39 is 0 Å². The van der Waals surface area contributed by atoms with E-state index in [0.29, 0.717) is 5.92 Å². The third-order valence-corrected chi connectivity index (χ3v) is 5.79. The van der Waals surface area contributed by atoms with Crippen molar-refractivity contribution in [2.24, 2.45) is 5.92 Å². The lowest BCUT2D eigenvalue weighted by Crippen LogP contribution is -2.84. The predicted molar refractivity (Wildman–Crippen MR) is 114 cm³/mol. The van der Waals surface area contributed by atoms with Crippen molar-refractivity contribution in [3.05, 3.63) is 46.5 Å². The van der Waals surface area contributed by atoms with Crippen LogP contribution in [-0.4, -0.2) is 31.8 Å². The Kier molecular flexibility index (Phi) is 6.84. The van der Waals surface area contributed by atoms with Gasteiger partial charge in [0, 0.05) is 13.0 Å². The number of hydrogen-bond donors (Lipinski definition) is 2. The minimum absolute atomic E-state index is 0.272. The number of imidazole rings is 1. The van der Waals surface area contributed by atoms with Gasteiger partial charge in [-0.25, -0.2) is 4.98 Å². The van der Waals surface area contributed by atoms with Crippen molar-refractivity contribution < 1.29 is 5.32 Å². The monoisotopic (exact) mass is 406 g/mol. The number of nitrogens with zero attached hydrogens (tertiary/aromatic N) is 3. The van der Waals surface area contributed by atoms with Gasteiger partial charge in [-0.15, -0.1) is 0 Å². The zero-order chi connectivity index (χ0) is 19.4. The van der Waals surface area contributed by atoms with Crippen LogP contribution in [0.3, 0.4) is 0 Å². The Bertz CT molecular complexity index is 853. The number of rotatable bonds is 9. The molecule has 2 aromatic heterocycles. The van der Waals surface area contributed by atoms with Crippen molar-refractivity contribution in [1.29, 1.82) is 0 Å². The molecule has 0 saturated heterocycles. The minimum Gasteiger partial charge on any atom is -0.337 e. The van der Waals surface area contributed by atoms with E-state index in [1.165, 1.54) is 0 Å². The second-order valence-electron chi connectivity index (χ2n) is 7.40. The number of nitrogens with two attached hydrogens (primary N) is 1. The minimum atomic E-state index is 0.272. The van der Waals surface area contributed by atoms with Crippen LogP contribution in [-0.2, 0) is 13.1 Å². The summed E-state index contributed by atoms with van der Waals surface area (Å²) in [6.07, 6.45) is 3.20. The summed E-state index contributed by atoms with van der Waals surface area (Å²) >= 11 is 8.49. The van der Waals surface area contributed by atoms with Crippen LogP contribution in [0, 0.1) is 12.8 Å². The molecule has 27 heavy (non-hydrogen) atoms. The first-order chi connectivity index (χ1) is 13.0. The van der Waals surface area contributed by atoms with Crippen LogP contribution in [0.5, 0.6) is 0 Å². The van der Waals surface area contributed by atoms with Crippen LogP contribution in [0.2, 0.25) is 5.15 Å². The Morgan fingerprint density at radius 3 is 2.78 bits per heavy atom. The van der Waals surface area contributed by atoms with E-state index in [2.05, 4.69) is 47.6 Å². The Hall–Kier alpha value is -1.50. The quantitative estimate of drug-likeness (QED) is 0.565. The van der Waals surface area contributed by atoms with Gasteiger partial charge in [-0.3, -0.25) is 4.68 Å². The molecule has 0 aliphatic carbocycles. The number of aromatic amines is 1. The molecule has 0 bridgehead atoms. The van der Waals surface area contributed by atoms with Crippen LogP contribution in [0.4, 0.5) is 0 Å². The van der Waals surface area contributed by atoms with Crippen molar-refractivity contribution >= 4 is 34.4 Å². The number of halogens is 1. The largest absolute Gasteiger partial charge is 0.337 e. The molecular weight excluding hydrogens is 378 g/mol. The fraction of sp³-hybridized carbons (Fsp3) is 0.500. The second-order valence-corrected chi connectivity index (χ2v) is 8.74. The number of nitrogens with one attached hydrogen (secondary N) is 1. The summed E-state index contributed by atoms with van der Waals surface area (Å²) in [6.45, 7) is 8.06. The number of quaternary nitrogens is 1. The highest BCUT2D eigenvalue weighted by atomic mass is 35.5. The summed E-state index contributed by atoms with van der Waals surface area (Å²) in [4.78, 5) is 8.31. The summed E-state index contributed by atoms with van der Waals surface area (Å²) in [5, 5.41) is 7.74. The molecule has 1 atom stereocenters. The second kappa shape index (κ2) is 9.13. The van der Waals surface area contributed by atoms with Gasteiger partial charge in [0.05, 0.1) is 22.3 Å². The number of aryl methyl sites for hydroxylation is 1. The summed E-state index contributed by atoms with van der Waals surface area (Å²) in [7, 11) is 0. The fourth-order valence-corrected chi connectivity index (χ4v) is 4.12. The molecule has 0 amide bonds. The van der Waals surface area contributed by atoms with Gasteiger partial charge < -0.3 is 10.3 Å². The molecule has 3 rings (SSSR count). The van der Waals surface area contributed by atoms with Gasteiger partial charge in [0.15, 0.2) is 5.82 Å². The van der Waals surface area contributed by atoms with Gasteiger partial charge in [-0.2, -0.15) is 16.9 Å². The molecule has 2 heterocycles. The molecule has 0 aliphatic heterocycles.